The zero-order valence-corrected chi connectivity index (χ0v) is 40.2. The minimum absolute atomic E-state index is 0.0758. The quantitative estimate of drug-likeness (QED) is 0.0347. The first-order valence-corrected chi connectivity index (χ1v) is 26.2. The fourth-order valence-electron chi connectivity index (χ4n) is 7.45. The Morgan fingerprint density at radius 3 is 1.27 bits per heavy atom. The summed E-state index contributed by atoms with van der Waals surface area (Å²) in [5, 5.41) is 0. The number of hydrogen-bond donors (Lipinski definition) is 0. The highest BCUT2D eigenvalue weighted by Gasteiger charge is 2.17. The van der Waals surface area contributed by atoms with E-state index in [9.17, 15) is 9.59 Å². The molecule has 0 aliphatic rings. The second kappa shape index (κ2) is 51.2. The summed E-state index contributed by atoms with van der Waals surface area (Å²) in [7, 11) is 0. The smallest absolute Gasteiger partial charge is 0.306 e. The first kappa shape index (κ1) is 57.9. The summed E-state index contributed by atoms with van der Waals surface area (Å²) in [6.07, 6.45) is 62.7. The van der Waals surface area contributed by atoms with Crippen LogP contribution in [0.25, 0.3) is 0 Å². The Balaban J connectivity index is 4.20. The maximum Gasteiger partial charge on any atom is 0.306 e. The maximum absolute atomic E-state index is 12.8. The molecule has 0 aliphatic carbocycles. The van der Waals surface area contributed by atoms with Crippen molar-refractivity contribution in [1.29, 1.82) is 0 Å². The van der Waals surface area contributed by atoms with E-state index in [4.69, 9.17) is 14.2 Å². The Kier molecular flexibility index (Phi) is 49.4. The molecule has 0 radical (unpaired) electrons. The van der Waals surface area contributed by atoms with Gasteiger partial charge in [-0.15, -0.1) is 0 Å². The highest BCUT2D eigenvalue weighted by atomic mass is 16.6. The van der Waals surface area contributed by atoms with Crippen LogP contribution >= 0.6 is 0 Å². The lowest BCUT2D eigenvalue weighted by atomic mass is 10.0. The lowest BCUT2D eigenvalue weighted by Crippen LogP contribution is -2.30. The van der Waals surface area contributed by atoms with E-state index < -0.39 is 6.10 Å². The summed E-state index contributed by atoms with van der Waals surface area (Å²) in [4.78, 5) is 25.4. The lowest BCUT2D eigenvalue weighted by Gasteiger charge is -2.18. The summed E-state index contributed by atoms with van der Waals surface area (Å²) in [6.45, 7) is 7.66. The minimum atomic E-state index is -0.548. The highest BCUT2D eigenvalue weighted by Crippen LogP contribution is 2.16. The van der Waals surface area contributed by atoms with Crippen molar-refractivity contribution in [3.8, 4) is 0 Å². The number of carbonyl (C=O) groups excluding carboxylic acids is 2. The Morgan fingerprint density at radius 2 is 0.767 bits per heavy atom. The van der Waals surface area contributed by atoms with Crippen LogP contribution in [-0.4, -0.2) is 37.9 Å². The van der Waals surface area contributed by atoms with Crippen LogP contribution in [0.15, 0.2) is 48.6 Å². The Morgan fingerprint density at radius 1 is 0.383 bits per heavy atom. The van der Waals surface area contributed by atoms with Crippen LogP contribution in [0.5, 0.6) is 0 Å². The molecule has 0 aliphatic heterocycles. The molecule has 0 saturated carbocycles. The summed E-state index contributed by atoms with van der Waals surface area (Å²) in [5.74, 6) is -0.411. The molecule has 0 heterocycles. The summed E-state index contributed by atoms with van der Waals surface area (Å²) in [5.41, 5.74) is 0. The van der Waals surface area contributed by atoms with Crippen LogP contribution in [0.1, 0.15) is 265 Å². The average Bonchev–Trinajstić information content (AvgIpc) is 3.25. The predicted octanol–water partition coefficient (Wildman–Crippen LogP) is 17.6. The monoisotopic (exact) mass is 841 g/mol. The van der Waals surface area contributed by atoms with Crippen LogP contribution in [0.2, 0.25) is 0 Å². The number of allylic oxidation sites excluding steroid dienone is 8. The molecule has 0 fully saturated rings. The minimum Gasteiger partial charge on any atom is -0.462 e. The van der Waals surface area contributed by atoms with Gasteiger partial charge in [-0.25, -0.2) is 0 Å². The van der Waals surface area contributed by atoms with E-state index in [1.54, 1.807) is 0 Å². The van der Waals surface area contributed by atoms with Crippen LogP contribution in [0, 0.1) is 0 Å². The van der Waals surface area contributed by atoms with Gasteiger partial charge in [-0.3, -0.25) is 9.59 Å². The second-order valence-electron chi connectivity index (χ2n) is 17.4. The standard InChI is InChI=1S/C55H100O5/c1-4-7-10-13-16-19-22-24-26-27-28-29-30-31-34-36-39-42-45-48-54(56)59-52-53(60-55(57)49-46-43-40-37-33-21-18-15-12-9-6-3)51-58-50-47-44-41-38-35-32-25-23-20-17-14-11-8-5-2/h8,11,15,17-18,20,25,32,53H,4-7,9-10,12-14,16,19,21-24,26-31,33-52H2,1-3H3/b11-8-,18-15-,20-17-,32-25-. The van der Waals surface area contributed by atoms with Crippen LogP contribution in [-0.2, 0) is 23.8 Å². The van der Waals surface area contributed by atoms with Gasteiger partial charge in [0.2, 0.25) is 0 Å². The molecule has 1 unspecified atom stereocenters. The van der Waals surface area contributed by atoms with Gasteiger partial charge in [0.15, 0.2) is 6.10 Å². The average molecular weight is 841 g/mol. The fourth-order valence-corrected chi connectivity index (χ4v) is 7.45. The molecule has 1 atom stereocenters. The number of carbonyl (C=O) groups is 2. The molecule has 0 aromatic carbocycles. The first-order chi connectivity index (χ1) is 29.6. The molecule has 0 rings (SSSR count). The Labute approximate surface area is 373 Å². The maximum atomic E-state index is 12.8. The van der Waals surface area contributed by atoms with Crippen LogP contribution in [0.3, 0.4) is 0 Å². The normalized spacial score (nSPS) is 12.5. The van der Waals surface area contributed by atoms with Gasteiger partial charge in [-0.2, -0.15) is 0 Å². The number of rotatable bonds is 48. The van der Waals surface area contributed by atoms with E-state index in [1.807, 2.05) is 0 Å². The van der Waals surface area contributed by atoms with E-state index in [1.165, 1.54) is 154 Å². The van der Waals surface area contributed by atoms with E-state index in [-0.39, 0.29) is 25.2 Å². The molecule has 0 aromatic rings. The molecule has 0 N–H and O–H groups in total. The van der Waals surface area contributed by atoms with Gasteiger partial charge in [0.05, 0.1) is 6.61 Å². The topological polar surface area (TPSA) is 61.8 Å². The Hall–Kier alpha value is -2.14. The molecule has 60 heavy (non-hydrogen) atoms. The first-order valence-electron chi connectivity index (χ1n) is 26.2. The van der Waals surface area contributed by atoms with Gasteiger partial charge in [0.25, 0.3) is 0 Å². The highest BCUT2D eigenvalue weighted by molar-refractivity contribution is 5.70. The molecule has 0 spiro atoms. The molecule has 0 amide bonds. The molecule has 5 heteroatoms. The number of ether oxygens (including phenoxy) is 3. The molecule has 0 saturated heterocycles. The van der Waals surface area contributed by atoms with Crippen LogP contribution < -0.4 is 0 Å². The zero-order valence-electron chi connectivity index (χ0n) is 40.2. The third kappa shape index (κ3) is 48.5. The molecule has 5 nitrogen and oxygen atoms in total. The summed E-state index contributed by atoms with van der Waals surface area (Å²) in [6, 6.07) is 0. The van der Waals surface area contributed by atoms with E-state index in [0.29, 0.717) is 19.4 Å². The number of unbranched alkanes of at least 4 members (excludes halogenated alkanes) is 29. The summed E-state index contributed by atoms with van der Waals surface area (Å²) < 4.78 is 17.4. The molecular formula is C55H100O5. The van der Waals surface area contributed by atoms with Gasteiger partial charge in [-0.05, 0) is 70.6 Å². The van der Waals surface area contributed by atoms with Gasteiger partial charge in [-0.1, -0.05) is 230 Å². The summed E-state index contributed by atoms with van der Waals surface area (Å²) >= 11 is 0. The second-order valence-corrected chi connectivity index (χ2v) is 17.4. The van der Waals surface area contributed by atoms with Gasteiger partial charge in [0.1, 0.15) is 6.61 Å². The molecule has 0 bridgehead atoms. The lowest BCUT2D eigenvalue weighted by molar-refractivity contribution is -0.163. The molecule has 350 valence electrons. The Bertz CT molecular complexity index is 997. The van der Waals surface area contributed by atoms with Gasteiger partial charge < -0.3 is 14.2 Å². The van der Waals surface area contributed by atoms with Crippen molar-refractivity contribution < 1.29 is 23.8 Å². The van der Waals surface area contributed by atoms with Gasteiger partial charge in [0, 0.05) is 19.4 Å². The third-order valence-corrected chi connectivity index (χ3v) is 11.3. The molecule has 0 aromatic heterocycles. The van der Waals surface area contributed by atoms with E-state index >= 15 is 0 Å². The number of esters is 2. The largest absolute Gasteiger partial charge is 0.462 e. The fraction of sp³-hybridized carbons (Fsp3) is 0.818. The van der Waals surface area contributed by atoms with Crippen molar-refractivity contribution in [1.82, 2.24) is 0 Å². The molecular weight excluding hydrogens is 741 g/mol. The zero-order chi connectivity index (χ0) is 43.5. The van der Waals surface area contributed by atoms with Crippen molar-refractivity contribution in [3.63, 3.8) is 0 Å². The third-order valence-electron chi connectivity index (χ3n) is 11.3. The van der Waals surface area contributed by atoms with E-state index in [2.05, 4.69) is 69.4 Å². The van der Waals surface area contributed by atoms with Gasteiger partial charge >= 0.3 is 11.9 Å². The van der Waals surface area contributed by atoms with Crippen molar-refractivity contribution in [2.75, 3.05) is 19.8 Å². The van der Waals surface area contributed by atoms with Crippen molar-refractivity contribution in [2.45, 2.75) is 271 Å². The predicted molar refractivity (Wildman–Crippen MR) is 261 cm³/mol. The van der Waals surface area contributed by atoms with Crippen molar-refractivity contribution in [2.24, 2.45) is 0 Å². The van der Waals surface area contributed by atoms with Crippen LogP contribution in [0.4, 0.5) is 0 Å². The van der Waals surface area contributed by atoms with E-state index in [0.717, 1.165) is 77.0 Å². The van der Waals surface area contributed by atoms with Crippen molar-refractivity contribution in [3.05, 3.63) is 48.6 Å². The SMILES string of the molecule is CC/C=C\C/C=C\C/C=C\CCCCCCOCC(COC(=O)CCCCCCCCCCCCCCCCCCCCC)OC(=O)CCCCCCC/C=C\CCCC. The van der Waals surface area contributed by atoms with Crippen molar-refractivity contribution >= 4 is 11.9 Å². The number of hydrogen-bond acceptors (Lipinski definition) is 5.